The molecule has 4 rings (SSSR count). The summed E-state index contributed by atoms with van der Waals surface area (Å²) in [6, 6.07) is 9.27. The zero-order valence-corrected chi connectivity index (χ0v) is 13.3. The van der Waals surface area contributed by atoms with Gasteiger partial charge in [0.1, 0.15) is 5.75 Å². The van der Waals surface area contributed by atoms with Crippen LogP contribution in [-0.2, 0) is 19.3 Å². The lowest BCUT2D eigenvalue weighted by Crippen LogP contribution is -2.20. The van der Waals surface area contributed by atoms with Crippen LogP contribution in [0.4, 0.5) is 0 Å². The Labute approximate surface area is 130 Å². The number of hydrogen-bond donors (Lipinski definition) is 1. The Kier molecular flexibility index (Phi) is 3.48. The molecular weight excluding hydrogens is 278 g/mol. The van der Waals surface area contributed by atoms with Crippen molar-refractivity contribution in [1.29, 1.82) is 0 Å². The predicted molar refractivity (Wildman–Crippen MR) is 87.5 cm³/mol. The van der Waals surface area contributed by atoms with Crippen molar-refractivity contribution in [2.24, 2.45) is 0 Å². The number of benzene rings is 1. The number of nitrogens with one attached hydrogen (secondary N) is 1. The first-order valence-electron chi connectivity index (χ1n) is 7.90. The van der Waals surface area contributed by atoms with Crippen LogP contribution in [-0.4, -0.2) is 13.7 Å². The summed E-state index contributed by atoms with van der Waals surface area (Å²) in [5, 5.41) is 3.50. The van der Waals surface area contributed by atoms with Crippen LogP contribution in [0.5, 0.6) is 5.75 Å². The Bertz CT molecular complexity index is 640. The standard InChI is InChI=1S/C18H21NOS/c1-19-17(16-11-13-6-3-9-15(13)21-16)14-8-2-5-12-7-4-10-20-18(12)14/h2,5,8,11,17,19H,3-4,6-7,9-10H2,1H3. The SMILES string of the molecule is CNC(c1cc2c(s1)CCC2)c1cccc2c1OCCC2. The zero-order valence-electron chi connectivity index (χ0n) is 12.4. The Hall–Kier alpha value is -1.32. The van der Waals surface area contributed by atoms with Crippen molar-refractivity contribution < 1.29 is 4.74 Å². The van der Waals surface area contributed by atoms with Crippen LogP contribution in [0, 0.1) is 0 Å². The van der Waals surface area contributed by atoms with Gasteiger partial charge < -0.3 is 10.1 Å². The van der Waals surface area contributed by atoms with Crippen molar-refractivity contribution in [1.82, 2.24) is 5.32 Å². The predicted octanol–water partition coefficient (Wildman–Crippen LogP) is 3.87. The van der Waals surface area contributed by atoms with E-state index in [-0.39, 0.29) is 6.04 Å². The van der Waals surface area contributed by atoms with Gasteiger partial charge in [-0.1, -0.05) is 18.2 Å². The fraction of sp³-hybridized carbons (Fsp3) is 0.444. The molecule has 1 aromatic heterocycles. The van der Waals surface area contributed by atoms with E-state index in [4.69, 9.17) is 4.74 Å². The van der Waals surface area contributed by atoms with Gasteiger partial charge in [-0.05, 0) is 56.3 Å². The molecule has 2 nitrogen and oxygen atoms in total. The molecule has 2 aliphatic rings. The van der Waals surface area contributed by atoms with Gasteiger partial charge in [0.2, 0.25) is 0 Å². The number of hydrogen-bond acceptors (Lipinski definition) is 3. The highest BCUT2D eigenvalue weighted by molar-refractivity contribution is 7.12. The Morgan fingerprint density at radius 3 is 2.90 bits per heavy atom. The van der Waals surface area contributed by atoms with Gasteiger partial charge in [-0.2, -0.15) is 0 Å². The van der Waals surface area contributed by atoms with Gasteiger partial charge in [0.15, 0.2) is 0 Å². The Morgan fingerprint density at radius 2 is 2.05 bits per heavy atom. The van der Waals surface area contributed by atoms with Gasteiger partial charge in [-0.25, -0.2) is 0 Å². The normalized spacial score (nSPS) is 18.0. The number of aryl methyl sites for hydroxylation is 3. The van der Waals surface area contributed by atoms with Crippen LogP contribution >= 0.6 is 11.3 Å². The Balaban J connectivity index is 1.75. The summed E-state index contributed by atoms with van der Waals surface area (Å²) < 4.78 is 6.00. The topological polar surface area (TPSA) is 21.3 Å². The first-order chi connectivity index (χ1) is 10.4. The van der Waals surface area contributed by atoms with E-state index in [2.05, 4.69) is 36.6 Å². The second-order valence-electron chi connectivity index (χ2n) is 5.96. The first-order valence-corrected chi connectivity index (χ1v) is 8.72. The molecule has 0 spiro atoms. The maximum atomic E-state index is 6.00. The molecule has 2 heterocycles. The molecule has 1 aromatic carbocycles. The molecule has 0 radical (unpaired) electrons. The second kappa shape index (κ2) is 5.47. The van der Waals surface area contributed by atoms with Crippen molar-refractivity contribution in [3.05, 3.63) is 50.7 Å². The number of fused-ring (bicyclic) bond motifs is 2. The van der Waals surface area contributed by atoms with E-state index >= 15 is 0 Å². The van der Waals surface area contributed by atoms with Crippen LogP contribution in [0.25, 0.3) is 0 Å². The fourth-order valence-corrected chi connectivity index (χ4v) is 4.97. The maximum Gasteiger partial charge on any atom is 0.127 e. The van der Waals surface area contributed by atoms with E-state index in [9.17, 15) is 0 Å². The third kappa shape index (κ3) is 2.29. The molecule has 3 heteroatoms. The quantitative estimate of drug-likeness (QED) is 0.929. The average Bonchev–Trinajstić information content (AvgIpc) is 3.10. The summed E-state index contributed by atoms with van der Waals surface area (Å²) in [6.45, 7) is 0.849. The molecule has 1 N–H and O–H groups in total. The molecule has 1 unspecified atom stereocenters. The van der Waals surface area contributed by atoms with E-state index in [0.717, 1.165) is 25.2 Å². The molecule has 21 heavy (non-hydrogen) atoms. The minimum Gasteiger partial charge on any atom is -0.493 e. The monoisotopic (exact) mass is 299 g/mol. The van der Waals surface area contributed by atoms with Gasteiger partial charge >= 0.3 is 0 Å². The summed E-state index contributed by atoms with van der Waals surface area (Å²) in [5.74, 6) is 1.12. The zero-order chi connectivity index (χ0) is 14.2. The van der Waals surface area contributed by atoms with Crippen LogP contribution in [0.3, 0.4) is 0 Å². The van der Waals surface area contributed by atoms with Gasteiger partial charge in [-0.15, -0.1) is 11.3 Å². The maximum absolute atomic E-state index is 6.00. The molecule has 1 atom stereocenters. The minimum atomic E-state index is 0.258. The average molecular weight is 299 g/mol. The highest BCUT2D eigenvalue weighted by Gasteiger charge is 2.24. The van der Waals surface area contributed by atoms with Crippen LogP contribution in [0.2, 0.25) is 0 Å². The van der Waals surface area contributed by atoms with Crippen molar-refractivity contribution in [2.45, 2.75) is 38.1 Å². The smallest absolute Gasteiger partial charge is 0.127 e. The van der Waals surface area contributed by atoms with Gasteiger partial charge in [0.25, 0.3) is 0 Å². The molecule has 0 saturated carbocycles. The second-order valence-corrected chi connectivity index (χ2v) is 7.13. The van der Waals surface area contributed by atoms with Gasteiger partial charge in [0, 0.05) is 15.3 Å². The third-order valence-electron chi connectivity index (χ3n) is 4.61. The van der Waals surface area contributed by atoms with Crippen molar-refractivity contribution >= 4 is 11.3 Å². The third-order valence-corrected chi connectivity index (χ3v) is 5.92. The van der Waals surface area contributed by atoms with Crippen molar-refractivity contribution in [3.63, 3.8) is 0 Å². The highest BCUT2D eigenvalue weighted by Crippen LogP contribution is 2.40. The van der Waals surface area contributed by atoms with Crippen LogP contribution < -0.4 is 10.1 Å². The molecule has 0 saturated heterocycles. The lowest BCUT2D eigenvalue weighted by molar-refractivity contribution is 0.283. The number of para-hydroxylation sites is 1. The van der Waals surface area contributed by atoms with E-state index in [1.165, 1.54) is 35.3 Å². The fourth-order valence-electron chi connectivity index (χ4n) is 3.59. The number of rotatable bonds is 3. The van der Waals surface area contributed by atoms with Crippen molar-refractivity contribution in [3.8, 4) is 5.75 Å². The summed E-state index contributed by atoms with van der Waals surface area (Å²) in [4.78, 5) is 3.03. The molecule has 2 aromatic rings. The molecule has 1 aliphatic carbocycles. The summed E-state index contributed by atoms with van der Waals surface area (Å²) in [5.41, 5.74) is 4.23. The van der Waals surface area contributed by atoms with E-state index < -0.39 is 0 Å². The minimum absolute atomic E-state index is 0.258. The largest absolute Gasteiger partial charge is 0.493 e. The first kappa shape index (κ1) is 13.4. The van der Waals surface area contributed by atoms with Crippen molar-refractivity contribution in [2.75, 3.05) is 13.7 Å². The van der Waals surface area contributed by atoms with E-state index in [1.807, 2.05) is 11.3 Å². The molecule has 0 fully saturated rings. The van der Waals surface area contributed by atoms with E-state index in [1.54, 1.807) is 10.4 Å². The van der Waals surface area contributed by atoms with Crippen LogP contribution in [0.15, 0.2) is 24.3 Å². The van der Waals surface area contributed by atoms with Gasteiger partial charge in [0.05, 0.1) is 12.6 Å². The van der Waals surface area contributed by atoms with E-state index in [0.29, 0.717) is 0 Å². The molecule has 0 bridgehead atoms. The number of thiophene rings is 1. The Morgan fingerprint density at radius 1 is 1.14 bits per heavy atom. The number of ether oxygens (including phenoxy) is 1. The lowest BCUT2D eigenvalue weighted by Gasteiger charge is -2.24. The molecular formula is C18H21NOS. The highest BCUT2D eigenvalue weighted by atomic mass is 32.1. The summed E-state index contributed by atoms with van der Waals surface area (Å²) >= 11 is 1.98. The summed E-state index contributed by atoms with van der Waals surface area (Å²) in [7, 11) is 2.05. The molecule has 1 aliphatic heterocycles. The lowest BCUT2D eigenvalue weighted by atomic mass is 9.97. The molecule has 110 valence electrons. The summed E-state index contributed by atoms with van der Waals surface area (Å²) in [6.07, 6.45) is 6.12. The van der Waals surface area contributed by atoms with Crippen LogP contribution in [0.1, 0.15) is 45.3 Å². The van der Waals surface area contributed by atoms with Gasteiger partial charge in [-0.3, -0.25) is 0 Å². The molecule has 0 amide bonds.